The zero-order valence-electron chi connectivity index (χ0n) is 15.2. The summed E-state index contributed by atoms with van der Waals surface area (Å²) in [5.41, 5.74) is 16.6. The van der Waals surface area contributed by atoms with Gasteiger partial charge in [-0.1, -0.05) is 44.2 Å². The number of fused-ring (bicyclic) bond motifs is 1. The first-order chi connectivity index (χ1) is 12.5. The van der Waals surface area contributed by atoms with Crippen molar-refractivity contribution in [1.82, 2.24) is 15.4 Å². The van der Waals surface area contributed by atoms with Gasteiger partial charge < -0.3 is 11.5 Å². The van der Waals surface area contributed by atoms with Crippen molar-refractivity contribution in [2.75, 3.05) is 11.5 Å². The van der Waals surface area contributed by atoms with Gasteiger partial charge in [-0.05, 0) is 30.7 Å². The summed E-state index contributed by atoms with van der Waals surface area (Å²) in [4.78, 5) is 19.7. The van der Waals surface area contributed by atoms with E-state index >= 15 is 0 Å². The third-order valence-corrected chi connectivity index (χ3v) is 3.18. The number of carbonyl (C=O) groups excluding carboxylic acids is 1. The summed E-state index contributed by atoms with van der Waals surface area (Å²) in [7, 11) is 0. The maximum atomic E-state index is 11.5. The van der Waals surface area contributed by atoms with Crippen LogP contribution >= 0.6 is 0 Å². The number of aryl methyl sites for hydroxylation is 1. The van der Waals surface area contributed by atoms with E-state index in [1.807, 2.05) is 51.1 Å². The predicted octanol–water partition coefficient (Wildman–Crippen LogP) is 3.16. The van der Waals surface area contributed by atoms with Crippen molar-refractivity contribution in [2.45, 2.75) is 20.8 Å². The molecule has 0 radical (unpaired) electrons. The maximum Gasteiger partial charge on any atom is 0.293 e. The fraction of sp³-hybridized carbons (Fsp3) is 0.158. The lowest BCUT2D eigenvalue weighted by atomic mass is 10.2. The molecule has 0 bridgehead atoms. The van der Waals surface area contributed by atoms with E-state index in [0.717, 1.165) is 11.3 Å². The fourth-order valence-electron chi connectivity index (χ4n) is 1.89. The lowest BCUT2D eigenvalue weighted by Crippen LogP contribution is -2.20. The van der Waals surface area contributed by atoms with Crippen molar-refractivity contribution in [1.29, 1.82) is 0 Å². The van der Waals surface area contributed by atoms with Crippen molar-refractivity contribution in [3.05, 3.63) is 59.8 Å². The molecule has 26 heavy (non-hydrogen) atoms. The number of nitrogens with two attached hydrogens (primary N) is 2. The second-order valence-corrected chi connectivity index (χ2v) is 4.90. The topological polar surface area (TPSA) is 119 Å². The number of benzene rings is 2. The van der Waals surface area contributed by atoms with E-state index in [-0.39, 0.29) is 11.5 Å². The monoisotopic (exact) mass is 352 g/mol. The average molecular weight is 352 g/mol. The van der Waals surface area contributed by atoms with Crippen LogP contribution in [0.1, 0.15) is 29.9 Å². The van der Waals surface area contributed by atoms with Crippen molar-refractivity contribution in [3.8, 4) is 0 Å². The molecule has 0 aliphatic heterocycles. The molecule has 0 aliphatic carbocycles. The highest BCUT2D eigenvalue weighted by atomic mass is 16.2. The molecule has 0 spiro atoms. The Labute approximate surface area is 153 Å². The summed E-state index contributed by atoms with van der Waals surface area (Å²) in [5.74, 6) is -0.453. The van der Waals surface area contributed by atoms with E-state index in [4.69, 9.17) is 11.5 Å². The lowest BCUT2D eigenvalue weighted by Gasteiger charge is -2.04. The van der Waals surface area contributed by atoms with Crippen molar-refractivity contribution in [3.63, 3.8) is 0 Å². The third-order valence-electron chi connectivity index (χ3n) is 3.18. The van der Waals surface area contributed by atoms with E-state index in [0.29, 0.717) is 11.0 Å². The molecular weight excluding hydrogens is 328 g/mol. The zero-order valence-corrected chi connectivity index (χ0v) is 15.2. The number of nitrogen functional groups attached to an aromatic ring is 2. The van der Waals surface area contributed by atoms with Gasteiger partial charge in [-0.15, -0.1) is 0 Å². The SMILES string of the molecule is C=NNC(=O)c1nc2ccccc2nc1N.CC.Cc1ccccc1N. The van der Waals surface area contributed by atoms with Gasteiger partial charge in [0.15, 0.2) is 11.5 Å². The Kier molecular flexibility index (Phi) is 8.22. The Bertz CT molecular complexity index is 858. The summed E-state index contributed by atoms with van der Waals surface area (Å²) in [5, 5.41) is 3.26. The number of hydrogen-bond acceptors (Lipinski definition) is 6. The molecule has 7 heteroatoms. The number of anilines is 2. The number of rotatable bonds is 2. The largest absolute Gasteiger partial charge is 0.399 e. The second-order valence-electron chi connectivity index (χ2n) is 4.90. The van der Waals surface area contributed by atoms with Crippen molar-refractivity contribution in [2.24, 2.45) is 5.10 Å². The molecule has 0 aliphatic rings. The van der Waals surface area contributed by atoms with Gasteiger partial charge in [-0.2, -0.15) is 5.10 Å². The molecule has 136 valence electrons. The average Bonchev–Trinajstić information content (AvgIpc) is 2.66. The minimum Gasteiger partial charge on any atom is -0.399 e. The van der Waals surface area contributed by atoms with Gasteiger partial charge in [0.2, 0.25) is 0 Å². The minimum absolute atomic E-state index is 0.0473. The van der Waals surface area contributed by atoms with Crippen LogP contribution in [0.4, 0.5) is 11.5 Å². The van der Waals surface area contributed by atoms with Crippen LogP contribution in [0, 0.1) is 6.92 Å². The van der Waals surface area contributed by atoms with Crippen LogP contribution in [0.2, 0.25) is 0 Å². The van der Waals surface area contributed by atoms with Gasteiger partial charge in [0.1, 0.15) is 0 Å². The van der Waals surface area contributed by atoms with Crippen LogP contribution in [-0.4, -0.2) is 22.6 Å². The van der Waals surface area contributed by atoms with Crippen LogP contribution in [-0.2, 0) is 0 Å². The highest BCUT2D eigenvalue weighted by Gasteiger charge is 2.13. The Morgan fingerprint density at radius 1 is 1.00 bits per heavy atom. The number of nitrogens with zero attached hydrogens (tertiary/aromatic N) is 3. The number of nitrogens with one attached hydrogen (secondary N) is 1. The van der Waals surface area contributed by atoms with Gasteiger partial charge >= 0.3 is 0 Å². The quantitative estimate of drug-likeness (QED) is 0.372. The van der Waals surface area contributed by atoms with E-state index in [9.17, 15) is 4.79 Å². The molecule has 2 aromatic carbocycles. The van der Waals surface area contributed by atoms with Gasteiger partial charge in [-0.25, -0.2) is 15.4 Å². The van der Waals surface area contributed by atoms with E-state index in [2.05, 4.69) is 27.2 Å². The first-order valence-corrected chi connectivity index (χ1v) is 8.12. The van der Waals surface area contributed by atoms with Gasteiger partial charge in [0.25, 0.3) is 5.91 Å². The number of amides is 1. The van der Waals surface area contributed by atoms with Crippen molar-refractivity contribution < 1.29 is 4.79 Å². The molecule has 1 amide bonds. The minimum atomic E-state index is -0.522. The molecule has 0 saturated carbocycles. The van der Waals surface area contributed by atoms with Crippen LogP contribution in [0.15, 0.2) is 53.6 Å². The van der Waals surface area contributed by atoms with E-state index < -0.39 is 5.91 Å². The summed E-state index contributed by atoms with van der Waals surface area (Å²) >= 11 is 0. The normalized spacial score (nSPS) is 9.19. The number of hydrazone groups is 1. The molecule has 7 nitrogen and oxygen atoms in total. The van der Waals surface area contributed by atoms with Crippen LogP contribution in [0.3, 0.4) is 0 Å². The highest BCUT2D eigenvalue weighted by molar-refractivity contribution is 5.98. The molecule has 0 unspecified atom stereocenters. The zero-order chi connectivity index (χ0) is 19.5. The van der Waals surface area contributed by atoms with Gasteiger partial charge in [0.05, 0.1) is 11.0 Å². The number of para-hydroxylation sites is 3. The Morgan fingerprint density at radius 3 is 2.04 bits per heavy atom. The van der Waals surface area contributed by atoms with E-state index in [1.54, 1.807) is 18.2 Å². The fourth-order valence-corrected chi connectivity index (χ4v) is 1.89. The summed E-state index contributed by atoms with van der Waals surface area (Å²) in [6, 6.07) is 15.0. The summed E-state index contributed by atoms with van der Waals surface area (Å²) < 4.78 is 0. The van der Waals surface area contributed by atoms with Crippen molar-refractivity contribution >= 4 is 35.2 Å². The third kappa shape index (κ3) is 5.55. The molecule has 3 rings (SSSR count). The van der Waals surface area contributed by atoms with Crippen LogP contribution < -0.4 is 16.9 Å². The highest BCUT2D eigenvalue weighted by Crippen LogP contribution is 2.13. The standard InChI is InChI=1S/C10H9N5O.C7H9N.C2H6/c1-12-15-10(16)8-9(11)14-7-5-3-2-4-6(7)13-8;1-6-4-2-3-5-7(6)8;1-2/h2-5H,1H2,(H2,11,14)(H,15,16);2-5H,8H2,1H3;1-2H3. The molecule has 0 atom stereocenters. The second kappa shape index (κ2) is 10.4. The smallest absolute Gasteiger partial charge is 0.293 e. The predicted molar refractivity (Wildman–Crippen MR) is 108 cm³/mol. The van der Waals surface area contributed by atoms with Crippen LogP contribution in [0.5, 0.6) is 0 Å². The number of carbonyl (C=O) groups is 1. The van der Waals surface area contributed by atoms with Crippen LogP contribution in [0.25, 0.3) is 11.0 Å². The maximum absolute atomic E-state index is 11.5. The Hall–Kier alpha value is -3.48. The molecular formula is C19H24N6O. The molecule has 0 saturated heterocycles. The Balaban J connectivity index is 0.000000284. The number of aromatic nitrogens is 2. The van der Waals surface area contributed by atoms with Gasteiger partial charge in [-0.3, -0.25) is 4.79 Å². The molecule has 1 aromatic heterocycles. The first-order valence-electron chi connectivity index (χ1n) is 8.12. The molecule has 1 heterocycles. The number of hydrogen-bond donors (Lipinski definition) is 3. The molecule has 5 N–H and O–H groups in total. The Morgan fingerprint density at radius 2 is 1.54 bits per heavy atom. The summed E-state index contributed by atoms with van der Waals surface area (Å²) in [6.07, 6.45) is 0. The lowest BCUT2D eigenvalue weighted by molar-refractivity contribution is 0.0951. The molecule has 3 aromatic rings. The van der Waals surface area contributed by atoms with E-state index in [1.165, 1.54) is 0 Å². The molecule has 0 fully saturated rings. The summed E-state index contributed by atoms with van der Waals surface area (Å²) in [6.45, 7) is 9.14. The van der Waals surface area contributed by atoms with Gasteiger partial charge in [0, 0.05) is 12.4 Å². The first kappa shape index (κ1) is 20.6.